The maximum absolute atomic E-state index is 12.4. The van der Waals surface area contributed by atoms with Gasteiger partial charge in [0.05, 0.1) is 16.3 Å². The number of sulfonamides is 1. The topological polar surface area (TPSA) is 141 Å². The van der Waals surface area contributed by atoms with Crippen LogP contribution >= 0.6 is 0 Å². The maximum Gasteiger partial charge on any atom is 0.339 e. The van der Waals surface area contributed by atoms with Gasteiger partial charge in [0.2, 0.25) is 0 Å². The molecule has 0 bridgehead atoms. The van der Waals surface area contributed by atoms with Crippen LogP contribution in [0.15, 0.2) is 75.9 Å². The fourth-order valence-electron chi connectivity index (χ4n) is 2.41. The van der Waals surface area contributed by atoms with Crippen LogP contribution in [0.25, 0.3) is 0 Å². The van der Waals surface area contributed by atoms with Crippen molar-refractivity contribution in [2.24, 2.45) is 10.2 Å². The molecule has 3 N–H and O–H groups in total. The molecule has 148 valence electrons. The highest BCUT2D eigenvalue weighted by atomic mass is 32.2. The van der Waals surface area contributed by atoms with Gasteiger partial charge in [-0.25, -0.2) is 18.2 Å². The molecule has 3 aromatic rings. The normalized spacial score (nSPS) is 11.5. The van der Waals surface area contributed by atoms with Crippen molar-refractivity contribution in [2.45, 2.75) is 11.8 Å². The number of hydrogen-bond acceptors (Lipinski definition) is 7. The molecule has 3 rings (SSSR count). The van der Waals surface area contributed by atoms with Crippen molar-refractivity contribution in [3.05, 3.63) is 71.9 Å². The number of aromatic carboxylic acids is 1. The van der Waals surface area contributed by atoms with Gasteiger partial charge in [0.15, 0.2) is 0 Å². The van der Waals surface area contributed by atoms with Gasteiger partial charge < -0.3 is 10.2 Å². The number of aryl methyl sites for hydroxylation is 1. The number of benzene rings is 2. The predicted molar refractivity (Wildman–Crippen MR) is 105 cm³/mol. The van der Waals surface area contributed by atoms with Crippen molar-refractivity contribution in [3.63, 3.8) is 0 Å². The number of azo groups is 1. The molecule has 9 nitrogen and oxygen atoms in total. The van der Waals surface area contributed by atoms with Gasteiger partial charge in [-0.3, -0.25) is 4.72 Å². The highest BCUT2D eigenvalue weighted by Gasteiger charge is 2.15. The van der Waals surface area contributed by atoms with Crippen molar-refractivity contribution in [1.82, 2.24) is 4.98 Å². The van der Waals surface area contributed by atoms with Gasteiger partial charge >= 0.3 is 5.97 Å². The Labute approximate surface area is 166 Å². The molecule has 0 saturated carbocycles. The Balaban J connectivity index is 1.80. The number of rotatable bonds is 6. The molecule has 0 spiro atoms. The van der Waals surface area contributed by atoms with Gasteiger partial charge in [-0.1, -0.05) is 6.07 Å². The summed E-state index contributed by atoms with van der Waals surface area (Å²) >= 11 is 0. The fourth-order valence-corrected chi connectivity index (χ4v) is 3.42. The smallest absolute Gasteiger partial charge is 0.339 e. The predicted octanol–water partition coefficient (Wildman–Crippen LogP) is 4.01. The van der Waals surface area contributed by atoms with Crippen molar-refractivity contribution in [1.29, 1.82) is 0 Å². The van der Waals surface area contributed by atoms with Crippen molar-refractivity contribution in [2.75, 3.05) is 4.72 Å². The van der Waals surface area contributed by atoms with Crippen LogP contribution in [0.1, 0.15) is 15.9 Å². The summed E-state index contributed by atoms with van der Waals surface area (Å²) in [6.07, 6.45) is 1.47. The largest absolute Gasteiger partial charge is 0.507 e. The van der Waals surface area contributed by atoms with E-state index in [1.165, 1.54) is 48.7 Å². The molecule has 1 heterocycles. The van der Waals surface area contributed by atoms with Gasteiger partial charge in [0, 0.05) is 6.20 Å². The van der Waals surface area contributed by atoms with Crippen LogP contribution in [0.2, 0.25) is 0 Å². The highest BCUT2D eigenvalue weighted by Crippen LogP contribution is 2.29. The van der Waals surface area contributed by atoms with Crippen molar-refractivity contribution < 1.29 is 23.4 Å². The number of carbonyl (C=O) groups is 1. The summed E-state index contributed by atoms with van der Waals surface area (Å²) in [5.41, 5.74) is 0.678. The van der Waals surface area contributed by atoms with Gasteiger partial charge in [0.1, 0.15) is 17.1 Å². The van der Waals surface area contributed by atoms with E-state index in [9.17, 15) is 18.3 Å². The molecule has 0 radical (unpaired) electrons. The molecule has 0 atom stereocenters. The van der Waals surface area contributed by atoms with Gasteiger partial charge in [-0.2, -0.15) is 10.2 Å². The zero-order chi connectivity index (χ0) is 21.0. The summed E-state index contributed by atoms with van der Waals surface area (Å²) in [5.74, 6) is -1.41. The van der Waals surface area contributed by atoms with Crippen molar-refractivity contribution in [3.8, 4) is 5.75 Å². The molecule has 1 aromatic heterocycles. The van der Waals surface area contributed by atoms with Gasteiger partial charge in [-0.15, -0.1) is 0 Å². The number of hydrogen-bond donors (Lipinski definition) is 3. The Morgan fingerprint density at radius 2 is 1.72 bits per heavy atom. The van der Waals surface area contributed by atoms with E-state index < -0.39 is 16.0 Å². The first-order chi connectivity index (χ1) is 13.8. The van der Waals surface area contributed by atoms with E-state index in [0.717, 1.165) is 0 Å². The lowest BCUT2D eigenvalue weighted by molar-refractivity contribution is 0.0693. The molecule has 0 saturated heterocycles. The van der Waals surface area contributed by atoms with E-state index in [0.29, 0.717) is 11.3 Å². The zero-order valence-electron chi connectivity index (χ0n) is 15.1. The first-order valence-corrected chi connectivity index (χ1v) is 9.77. The SMILES string of the molecule is Cc1cc(N=Nc2ccc(S(=O)(=O)Nc3ccccn3)cc2)cc(C(=O)O)c1O. The molecule has 0 aliphatic rings. The van der Waals surface area contributed by atoms with Gasteiger partial charge in [0.25, 0.3) is 10.0 Å². The Hall–Kier alpha value is -3.79. The lowest BCUT2D eigenvalue weighted by Gasteiger charge is -2.07. The zero-order valence-corrected chi connectivity index (χ0v) is 16.0. The second-order valence-electron chi connectivity index (χ2n) is 5.98. The summed E-state index contributed by atoms with van der Waals surface area (Å²) in [4.78, 5) is 15.1. The minimum absolute atomic E-state index is 0.0238. The third-order valence-electron chi connectivity index (χ3n) is 3.85. The standard InChI is InChI=1S/C19H16N4O5S/c1-12-10-14(11-16(18(12)24)19(25)26)22-21-13-5-7-15(8-6-13)29(27,28)23-17-4-2-3-9-20-17/h2-11,24H,1H3,(H,20,23)(H,25,26). The quantitative estimate of drug-likeness (QED) is 0.522. The molecule has 0 fully saturated rings. The average Bonchev–Trinajstić information content (AvgIpc) is 2.69. The number of carboxylic acids is 1. The number of phenols is 1. The summed E-state index contributed by atoms with van der Waals surface area (Å²) in [6.45, 7) is 1.55. The first-order valence-electron chi connectivity index (χ1n) is 8.29. The summed E-state index contributed by atoms with van der Waals surface area (Å²) in [5, 5.41) is 26.8. The second-order valence-corrected chi connectivity index (χ2v) is 7.66. The third kappa shape index (κ3) is 4.74. The molecule has 2 aromatic carbocycles. The number of nitrogens with zero attached hydrogens (tertiary/aromatic N) is 3. The number of anilines is 1. The van der Waals surface area contributed by atoms with Crippen LogP contribution in [-0.2, 0) is 10.0 Å². The molecule has 0 amide bonds. The molecule has 10 heteroatoms. The number of aromatic hydroxyl groups is 1. The van der Waals surface area contributed by atoms with Crippen LogP contribution in [0.3, 0.4) is 0 Å². The van der Waals surface area contributed by atoms with E-state index in [2.05, 4.69) is 19.9 Å². The second kappa shape index (κ2) is 8.07. The first kappa shape index (κ1) is 20.0. The van der Waals surface area contributed by atoms with Gasteiger partial charge in [-0.05, 0) is 61.0 Å². The van der Waals surface area contributed by atoms with Crippen LogP contribution < -0.4 is 4.72 Å². The minimum atomic E-state index is -3.80. The Kier molecular flexibility index (Phi) is 5.55. The lowest BCUT2D eigenvalue weighted by Crippen LogP contribution is -2.13. The van der Waals surface area contributed by atoms with Crippen LogP contribution in [0, 0.1) is 6.92 Å². The number of carboxylic acid groups (broad SMARTS) is 1. The lowest BCUT2D eigenvalue weighted by atomic mass is 10.1. The summed E-state index contributed by atoms with van der Waals surface area (Å²) in [6, 6.07) is 13.2. The highest BCUT2D eigenvalue weighted by molar-refractivity contribution is 7.92. The molecule has 29 heavy (non-hydrogen) atoms. The number of pyridine rings is 1. The number of nitrogens with one attached hydrogen (secondary N) is 1. The fraction of sp³-hybridized carbons (Fsp3) is 0.0526. The van der Waals surface area contributed by atoms with E-state index >= 15 is 0 Å². The minimum Gasteiger partial charge on any atom is -0.507 e. The molecule has 0 unspecified atom stereocenters. The number of aromatic nitrogens is 1. The molecule has 0 aliphatic carbocycles. The molecular weight excluding hydrogens is 396 g/mol. The monoisotopic (exact) mass is 412 g/mol. The molecular formula is C19H16N4O5S. The average molecular weight is 412 g/mol. The summed E-state index contributed by atoms with van der Waals surface area (Å²) in [7, 11) is -3.80. The van der Waals surface area contributed by atoms with E-state index in [1.807, 2.05) is 0 Å². The third-order valence-corrected chi connectivity index (χ3v) is 5.22. The molecule has 0 aliphatic heterocycles. The van der Waals surface area contributed by atoms with Crippen LogP contribution in [0.4, 0.5) is 17.2 Å². The van der Waals surface area contributed by atoms with Crippen molar-refractivity contribution >= 4 is 33.2 Å². The van der Waals surface area contributed by atoms with E-state index in [-0.39, 0.29) is 27.7 Å². The van der Waals surface area contributed by atoms with Crippen LogP contribution in [-0.4, -0.2) is 29.6 Å². The Bertz CT molecular complexity index is 1180. The van der Waals surface area contributed by atoms with Crippen LogP contribution in [0.5, 0.6) is 5.75 Å². The maximum atomic E-state index is 12.4. The van der Waals surface area contributed by atoms with E-state index in [4.69, 9.17) is 5.11 Å². The Morgan fingerprint density at radius 1 is 1.03 bits per heavy atom. The van der Waals surface area contributed by atoms with E-state index in [1.54, 1.807) is 19.1 Å². The summed E-state index contributed by atoms with van der Waals surface area (Å²) < 4.78 is 27.1. The Morgan fingerprint density at radius 3 is 2.34 bits per heavy atom.